The van der Waals surface area contributed by atoms with E-state index in [1.165, 1.54) is 23.1 Å². The minimum atomic E-state index is -4.86. The van der Waals surface area contributed by atoms with Crippen molar-refractivity contribution in [3.05, 3.63) is 61.9 Å². The summed E-state index contributed by atoms with van der Waals surface area (Å²) in [6, 6.07) is 3.66. The first kappa shape index (κ1) is 33.0. The fourth-order valence-corrected chi connectivity index (χ4v) is 5.95. The number of amides is 2. The second kappa shape index (κ2) is 13.7. The topological polar surface area (TPSA) is 117 Å². The van der Waals surface area contributed by atoms with Crippen LogP contribution in [-0.2, 0) is 19.6 Å². The van der Waals surface area contributed by atoms with Gasteiger partial charge in [0.05, 0.1) is 11.8 Å². The number of allylic oxidation sites excluding steroid dienone is 1. The maximum atomic E-state index is 13.9. The first-order chi connectivity index (χ1) is 19.7. The Kier molecular flexibility index (Phi) is 10.7. The van der Waals surface area contributed by atoms with Gasteiger partial charge in [0.2, 0.25) is 21.8 Å². The van der Waals surface area contributed by atoms with Gasteiger partial charge in [-0.05, 0) is 50.7 Å². The molecule has 4 atom stereocenters. The number of halogens is 3. The van der Waals surface area contributed by atoms with Gasteiger partial charge in [0.25, 0.3) is 0 Å². The zero-order valence-corrected chi connectivity index (χ0v) is 24.5. The third-order valence-corrected chi connectivity index (χ3v) is 8.06. The number of hydrogen-bond acceptors (Lipinski definition) is 6. The molecule has 0 aromatic heterocycles. The van der Waals surface area contributed by atoms with Crippen LogP contribution in [0.1, 0.15) is 51.4 Å². The highest BCUT2D eigenvalue weighted by atomic mass is 32.2. The number of carbonyl (C=O) groups excluding carboxylic acids is 2. The van der Waals surface area contributed by atoms with E-state index in [0.717, 1.165) is 25.5 Å². The molecule has 9 nitrogen and oxygen atoms in total. The number of likely N-dealkylation sites (tertiary alicyclic amines) is 1. The molecular formula is C29H39F3N4O5S. The van der Waals surface area contributed by atoms with Gasteiger partial charge in [-0.1, -0.05) is 37.6 Å². The summed E-state index contributed by atoms with van der Waals surface area (Å²) < 4.78 is 68.3. The fraction of sp³-hybridized carbons (Fsp3) is 0.517. The molecule has 13 heteroatoms. The van der Waals surface area contributed by atoms with Crippen LogP contribution in [-0.4, -0.2) is 61.9 Å². The van der Waals surface area contributed by atoms with Crippen LogP contribution in [0.3, 0.4) is 0 Å². The Bertz CT molecular complexity index is 1290. The SMILES string of the molecule is C=CCCCCC[C@H](Nc1cccc(OC(F)(F)F)c1)C(=O)N1CCCC1C(=O)N[C@]1(C(=C)NS(C)(=O)=O)CC1C=C. The molecule has 1 aliphatic carbocycles. The lowest BCUT2D eigenvalue weighted by atomic mass is 10.0. The first-order valence-electron chi connectivity index (χ1n) is 13.8. The molecule has 1 aliphatic heterocycles. The molecule has 1 heterocycles. The van der Waals surface area contributed by atoms with Crippen LogP contribution in [0, 0.1) is 5.92 Å². The zero-order valence-electron chi connectivity index (χ0n) is 23.7. The predicted molar refractivity (Wildman–Crippen MR) is 155 cm³/mol. The van der Waals surface area contributed by atoms with E-state index in [1.54, 1.807) is 12.1 Å². The second-order valence-electron chi connectivity index (χ2n) is 10.7. The van der Waals surface area contributed by atoms with E-state index < -0.39 is 45.7 Å². The molecule has 0 radical (unpaired) electrons. The lowest BCUT2D eigenvalue weighted by Crippen LogP contribution is -2.54. The van der Waals surface area contributed by atoms with E-state index in [-0.39, 0.29) is 23.2 Å². The third kappa shape index (κ3) is 9.01. The highest BCUT2D eigenvalue weighted by Gasteiger charge is 2.57. The summed E-state index contributed by atoms with van der Waals surface area (Å²) in [6.45, 7) is 11.6. The minimum absolute atomic E-state index is 0.124. The fourth-order valence-electron chi connectivity index (χ4n) is 5.32. The summed E-state index contributed by atoms with van der Waals surface area (Å²) in [7, 11) is -3.63. The molecule has 1 saturated heterocycles. The Morgan fingerprint density at radius 3 is 2.60 bits per heavy atom. The van der Waals surface area contributed by atoms with Gasteiger partial charge in [-0.3, -0.25) is 14.3 Å². The summed E-state index contributed by atoms with van der Waals surface area (Å²) in [4.78, 5) is 28.9. The van der Waals surface area contributed by atoms with Crippen molar-refractivity contribution in [1.29, 1.82) is 0 Å². The molecule has 232 valence electrons. The largest absolute Gasteiger partial charge is 0.573 e. The molecule has 3 rings (SSSR count). The van der Waals surface area contributed by atoms with Crippen LogP contribution in [0.4, 0.5) is 18.9 Å². The van der Waals surface area contributed by atoms with Gasteiger partial charge in [0.1, 0.15) is 17.8 Å². The Morgan fingerprint density at radius 1 is 1.24 bits per heavy atom. The molecule has 42 heavy (non-hydrogen) atoms. The van der Waals surface area contributed by atoms with Crippen molar-refractivity contribution in [2.75, 3.05) is 18.1 Å². The molecule has 2 fully saturated rings. The number of hydrogen-bond donors (Lipinski definition) is 3. The maximum absolute atomic E-state index is 13.9. The molecule has 2 unspecified atom stereocenters. The van der Waals surface area contributed by atoms with Crippen LogP contribution < -0.4 is 20.1 Å². The Morgan fingerprint density at radius 2 is 1.98 bits per heavy atom. The summed E-state index contributed by atoms with van der Waals surface area (Å²) in [6.07, 6.45) is 4.53. The lowest BCUT2D eigenvalue weighted by Gasteiger charge is -2.31. The van der Waals surface area contributed by atoms with Gasteiger partial charge < -0.3 is 20.3 Å². The quantitative estimate of drug-likeness (QED) is 0.185. The third-order valence-electron chi connectivity index (χ3n) is 7.44. The second-order valence-corrected chi connectivity index (χ2v) is 12.5. The Hall–Kier alpha value is -3.48. The van der Waals surface area contributed by atoms with Gasteiger partial charge in [-0.25, -0.2) is 8.42 Å². The van der Waals surface area contributed by atoms with Crippen molar-refractivity contribution in [3.8, 4) is 5.75 Å². The normalized spacial score (nSPS) is 22.5. The number of unbranched alkanes of at least 4 members (excludes halogenated alkanes) is 3. The highest BCUT2D eigenvalue weighted by molar-refractivity contribution is 7.88. The molecular weight excluding hydrogens is 573 g/mol. The summed E-state index contributed by atoms with van der Waals surface area (Å²) in [5.41, 5.74) is -0.643. The van der Waals surface area contributed by atoms with Crippen molar-refractivity contribution in [1.82, 2.24) is 14.9 Å². The molecule has 2 amide bonds. The molecule has 0 spiro atoms. The van der Waals surface area contributed by atoms with Gasteiger partial charge >= 0.3 is 6.36 Å². The number of rotatable bonds is 16. The number of carbonyl (C=O) groups is 2. The molecule has 3 N–H and O–H groups in total. The van der Waals surface area contributed by atoms with Crippen molar-refractivity contribution in [3.63, 3.8) is 0 Å². The maximum Gasteiger partial charge on any atom is 0.573 e. The number of ether oxygens (including phenoxy) is 1. The van der Waals surface area contributed by atoms with Crippen molar-refractivity contribution < 1.29 is 35.9 Å². The molecule has 0 bridgehead atoms. The minimum Gasteiger partial charge on any atom is -0.406 e. The Labute approximate surface area is 245 Å². The standard InChI is InChI=1S/C29H39F3N4O5S/c1-5-7-8-9-10-15-24(33-22-13-11-14-23(18-22)41-29(30,31)32)27(38)36-17-12-16-25(36)26(37)34-28(19-21(28)6-2)20(3)35-42(4,39)40/h5-6,11,13-14,18,21,24-25,33,35H,1-3,7-10,12,15-17,19H2,4H3,(H,34,37)/t21?,24-,25?,28-/m0/s1. The van der Waals surface area contributed by atoms with Crippen LogP contribution in [0.5, 0.6) is 5.75 Å². The monoisotopic (exact) mass is 612 g/mol. The lowest BCUT2D eigenvalue weighted by molar-refractivity contribution is -0.274. The van der Waals surface area contributed by atoms with Crippen molar-refractivity contribution in [2.45, 2.75) is 75.4 Å². The number of alkyl halides is 3. The smallest absolute Gasteiger partial charge is 0.406 e. The van der Waals surface area contributed by atoms with E-state index in [0.29, 0.717) is 38.6 Å². The first-order valence-corrected chi connectivity index (χ1v) is 15.7. The zero-order chi connectivity index (χ0) is 31.1. The van der Waals surface area contributed by atoms with Crippen LogP contribution in [0.2, 0.25) is 0 Å². The average Bonchev–Trinajstić information content (AvgIpc) is 3.38. The number of nitrogens with zero attached hydrogens (tertiary/aromatic N) is 1. The molecule has 1 aromatic carbocycles. The van der Waals surface area contributed by atoms with Crippen molar-refractivity contribution >= 4 is 27.5 Å². The number of anilines is 1. The van der Waals surface area contributed by atoms with Crippen LogP contribution in [0.15, 0.2) is 61.9 Å². The van der Waals surface area contributed by atoms with Gasteiger partial charge in [-0.15, -0.1) is 26.3 Å². The van der Waals surface area contributed by atoms with E-state index in [1.807, 2.05) is 6.08 Å². The number of benzene rings is 1. The summed E-state index contributed by atoms with van der Waals surface area (Å²) >= 11 is 0. The average molecular weight is 613 g/mol. The molecule has 1 saturated carbocycles. The van der Waals surface area contributed by atoms with Gasteiger partial charge in [0, 0.05) is 29.9 Å². The number of nitrogens with one attached hydrogen (secondary N) is 3. The van der Waals surface area contributed by atoms with Crippen LogP contribution in [0.25, 0.3) is 0 Å². The van der Waals surface area contributed by atoms with Crippen LogP contribution >= 0.6 is 0 Å². The van der Waals surface area contributed by atoms with E-state index in [2.05, 4.69) is 39.8 Å². The van der Waals surface area contributed by atoms with Gasteiger partial charge in [0.15, 0.2) is 0 Å². The summed E-state index contributed by atoms with van der Waals surface area (Å²) in [5, 5.41) is 5.98. The van der Waals surface area contributed by atoms with Crippen molar-refractivity contribution in [2.24, 2.45) is 5.92 Å². The number of sulfonamides is 1. The van der Waals surface area contributed by atoms with E-state index >= 15 is 0 Å². The van der Waals surface area contributed by atoms with E-state index in [9.17, 15) is 31.2 Å². The molecule has 1 aromatic rings. The molecule has 2 aliphatic rings. The predicted octanol–water partition coefficient (Wildman–Crippen LogP) is 4.62. The highest BCUT2D eigenvalue weighted by Crippen LogP contribution is 2.48. The van der Waals surface area contributed by atoms with Gasteiger partial charge in [-0.2, -0.15) is 0 Å². The Balaban J connectivity index is 1.77. The summed E-state index contributed by atoms with van der Waals surface area (Å²) in [5.74, 6) is -1.44. The van der Waals surface area contributed by atoms with E-state index in [4.69, 9.17) is 0 Å².